The summed E-state index contributed by atoms with van der Waals surface area (Å²) in [7, 11) is 0. The summed E-state index contributed by atoms with van der Waals surface area (Å²) in [5.74, 6) is -0.255. The molecule has 6 heteroatoms. The lowest BCUT2D eigenvalue weighted by molar-refractivity contribution is -0.385. The summed E-state index contributed by atoms with van der Waals surface area (Å²) in [4.78, 5) is 27.6. The van der Waals surface area contributed by atoms with Gasteiger partial charge >= 0.3 is 0 Å². The first-order chi connectivity index (χ1) is 12.1. The predicted octanol–water partition coefficient (Wildman–Crippen LogP) is 2.86. The molecule has 0 saturated carbocycles. The normalized spacial score (nSPS) is 15.2. The zero-order valence-electron chi connectivity index (χ0n) is 14.2. The van der Waals surface area contributed by atoms with Crippen LogP contribution in [0.3, 0.4) is 0 Å². The number of rotatable bonds is 4. The molecule has 25 heavy (non-hydrogen) atoms. The van der Waals surface area contributed by atoms with E-state index in [2.05, 4.69) is 17.0 Å². The van der Waals surface area contributed by atoms with Crippen molar-refractivity contribution in [2.45, 2.75) is 13.5 Å². The highest BCUT2D eigenvalue weighted by Gasteiger charge is 2.28. The maximum Gasteiger partial charge on any atom is 0.285 e. The smallest absolute Gasteiger partial charge is 0.285 e. The lowest BCUT2D eigenvalue weighted by Crippen LogP contribution is -2.48. The molecule has 6 nitrogen and oxygen atoms in total. The molecule has 0 aromatic heterocycles. The highest BCUT2D eigenvalue weighted by molar-refractivity contribution is 5.98. The predicted molar refractivity (Wildman–Crippen MR) is 95.5 cm³/mol. The molecule has 1 amide bonds. The first kappa shape index (κ1) is 17.1. The van der Waals surface area contributed by atoms with E-state index in [0.29, 0.717) is 18.7 Å². The number of piperazine rings is 1. The first-order valence-electron chi connectivity index (χ1n) is 8.36. The minimum absolute atomic E-state index is 0.0841. The van der Waals surface area contributed by atoms with Crippen LogP contribution < -0.4 is 0 Å². The van der Waals surface area contributed by atoms with Gasteiger partial charge in [0.05, 0.1) is 4.92 Å². The maximum absolute atomic E-state index is 12.7. The molecular weight excluding hydrogens is 318 g/mol. The Labute approximate surface area is 146 Å². The van der Waals surface area contributed by atoms with Crippen LogP contribution in [0, 0.1) is 17.0 Å². The van der Waals surface area contributed by atoms with E-state index in [1.54, 1.807) is 30.0 Å². The minimum atomic E-state index is -0.464. The molecule has 1 saturated heterocycles. The monoisotopic (exact) mass is 339 g/mol. The van der Waals surface area contributed by atoms with Gasteiger partial charge in [0.25, 0.3) is 11.6 Å². The summed E-state index contributed by atoms with van der Waals surface area (Å²) < 4.78 is 0. The number of benzene rings is 2. The first-order valence-corrected chi connectivity index (χ1v) is 8.36. The van der Waals surface area contributed by atoms with Gasteiger partial charge in [-0.15, -0.1) is 0 Å². The highest BCUT2D eigenvalue weighted by Crippen LogP contribution is 2.25. The molecule has 0 unspecified atom stereocenters. The maximum atomic E-state index is 12.7. The number of aryl methyl sites for hydroxylation is 1. The van der Waals surface area contributed by atoms with Crippen molar-refractivity contribution in [1.29, 1.82) is 0 Å². The number of hydrogen-bond acceptors (Lipinski definition) is 4. The second-order valence-electron chi connectivity index (χ2n) is 6.28. The average molecular weight is 339 g/mol. The quantitative estimate of drug-likeness (QED) is 0.634. The number of hydrogen-bond donors (Lipinski definition) is 0. The Hall–Kier alpha value is -2.73. The SMILES string of the molecule is Cc1cccc(C(=O)N2CCN(Cc3ccccc3)CC2)c1[N+](=O)[O-]. The van der Waals surface area contributed by atoms with Gasteiger partial charge in [-0.25, -0.2) is 0 Å². The molecule has 0 bridgehead atoms. The average Bonchev–Trinajstić information content (AvgIpc) is 2.62. The van der Waals surface area contributed by atoms with Crippen LogP contribution in [0.5, 0.6) is 0 Å². The lowest BCUT2D eigenvalue weighted by atomic mass is 10.1. The molecule has 0 aliphatic carbocycles. The van der Waals surface area contributed by atoms with Crippen molar-refractivity contribution in [3.05, 3.63) is 75.3 Å². The Kier molecular flexibility index (Phi) is 5.09. The third-order valence-corrected chi connectivity index (χ3v) is 4.56. The highest BCUT2D eigenvalue weighted by atomic mass is 16.6. The second-order valence-corrected chi connectivity index (χ2v) is 6.28. The summed E-state index contributed by atoms with van der Waals surface area (Å²) in [5.41, 5.74) is 1.86. The lowest BCUT2D eigenvalue weighted by Gasteiger charge is -2.34. The van der Waals surface area contributed by atoms with Crippen molar-refractivity contribution in [3.8, 4) is 0 Å². The number of amides is 1. The van der Waals surface area contributed by atoms with Crippen LogP contribution in [0.2, 0.25) is 0 Å². The third-order valence-electron chi connectivity index (χ3n) is 4.56. The molecule has 0 atom stereocenters. The van der Waals surface area contributed by atoms with E-state index in [1.165, 1.54) is 5.56 Å². The van der Waals surface area contributed by atoms with Crippen LogP contribution in [0.25, 0.3) is 0 Å². The minimum Gasteiger partial charge on any atom is -0.336 e. The third kappa shape index (κ3) is 3.85. The molecular formula is C19H21N3O3. The molecule has 1 aliphatic rings. The number of nitrogens with zero attached hydrogens (tertiary/aromatic N) is 3. The Morgan fingerprint density at radius 3 is 2.36 bits per heavy atom. The van der Waals surface area contributed by atoms with Crippen LogP contribution in [-0.4, -0.2) is 46.8 Å². The molecule has 2 aromatic rings. The van der Waals surface area contributed by atoms with E-state index in [9.17, 15) is 14.9 Å². The summed E-state index contributed by atoms with van der Waals surface area (Å²) in [6.07, 6.45) is 0. The van der Waals surface area contributed by atoms with E-state index in [-0.39, 0.29) is 17.2 Å². The largest absolute Gasteiger partial charge is 0.336 e. The van der Waals surface area contributed by atoms with Crippen molar-refractivity contribution in [2.24, 2.45) is 0 Å². The topological polar surface area (TPSA) is 66.7 Å². The number of nitro groups is 1. The van der Waals surface area contributed by atoms with E-state index in [0.717, 1.165) is 19.6 Å². The van der Waals surface area contributed by atoms with Gasteiger partial charge in [-0.2, -0.15) is 0 Å². The van der Waals surface area contributed by atoms with Gasteiger partial charge in [0.1, 0.15) is 5.56 Å². The molecule has 2 aromatic carbocycles. The Morgan fingerprint density at radius 2 is 1.72 bits per heavy atom. The molecule has 3 rings (SSSR count). The van der Waals surface area contributed by atoms with Crippen LogP contribution in [0.15, 0.2) is 48.5 Å². The Balaban J connectivity index is 1.66. The Morgan fingerprint density at radius 1 is 1.04 bits per heavy atom. The molecule has 130 valence electrons. The van der Waals surface area contributed by atoms with Crippen LogP contribution in [0.4, 0.5) is 5.69 Å². The van der Waals surface area contributed by atoms with Crippen molar-refractivity contribution in [2.75, 3.05) is 26.2 Å². The number of nitro benzene ring substituents is 1. The van der Waals surface area contributed by atoms with Gasteiger partial charge in [-0.05, 0) is 18.6 Å². The molecule has 0 radical (unpaired) electrons. The van der Waals surface area contributed by atoms with E-state index in [4.69, 9.17) is 0 Å². The second kappa shape index (κ2) is 7.44. The molecule has 0 N–H and O–H groups in total. The van der Waals surface area contributed by atoms with Gasteiger partial charge in [0.15, 0.2) is 0 Å². The molecule has 1 aliphatic heterocycles. The van der Waals surface area contributed by atoms with Gasteiger partial charge in [0.2, 0.25) is 0 Å². The van der Waals surface area contributed by atoms with E-state index < -0.39 is 4.92 Å². The number of carbonyl (C=O) groups is 1. The van der Waals surface area contributed by atoms with Crippen molar-refractivity contribution >= 4 is 11.6 Å². The van der Waals surface area contributed by atoms with E-state index >= 15 is 0 Å². The van der Waals surface area contributed by atoms with Gasteiger partial charge in [-0.1, -0.05) is 42.5 Å². The zero-order chi connectivity index (χ0) is 17.8. The summed E-state index contributed by atoms with van der Waals surface area (Å²) >= 11 is 0. The van der Waals surface area contributed by atoms with Crippen molar-refractivity contribution in [3.63, 3.8) is 0 Å². The molecule has 0 spiro atoms. The van der Waals surface area contributed by atoms with Gasteiger partial charge in [0, 0.05) is 38.3 Å². The molecule has 1 fully saturated rings. The van der Waals surface area contributed by atoms with Gasteiger partial charge in [-0.3, -0.25) is 19.8 Å². The summed E-state index contributed by atoms with van der Waals surface area (Å²) in [5, 5.41) is 11.3. The zero-order valence-corrected chi connectivity index (χ0v) is 14.2. The van der Waals surface area contributed by atoms with Crippen LogP contribution >= 0.6 is 0 Å². The standard InChI is InChI=1S/C19H21N3O3/c1-15-6-5-9-17(18(15)22(24)25)19(23)21-12-10-20(11-13-21)14-16-7-3-2-4-8-16/h2-9H,10-14H2,1H3. The van der Waals surface area contributed by atoms with Crippen molar-refractivity contribution < 1.29 is 9.72 Å². The summed E-state index contributed by atoms with van der Waals surface area (Å²) in [6, 6.07) is 15.1. The van der Waals surface area contributed by atoms with Crippen LogP contribution in [0.1, 0.15) is 21.5 Å². The fraction of sp³-hybridized carbons (Fsp3) is 0.316. The van der Waals surface area contributed by atoms with Crippen LogP contribution in [-0.2, 0) is 6.54 Å². The van der Waals surface area contributed by atoms with Crippen molar-refractivity contribution in [1.82, 2.24) is 9.80 Å². The molecule has 1 heterocycles. The summed E-state index contributed by atoms with van der Waals surface area (Å²) in [6.45, 7) is 5.20. The number of para-hydroxylation sites is 1. The fourth-order valence-electron chi connectivity index (χ4n) is 3.19. The number of carbonyl (C=O) groups excluding carboxylic acids is 1. The van der Waals surface area contributed by atoms with Gasteiger partial charge < -0.3 is 4.90 Å². The van der Waals surface area contributed by atoms with E-state index in [1.807, 2.05) is 18.2 Å². The Bertz CT molecular complexity index is 769. The fourth-order valence-corrected chi connectivity index (χ4v) is 3.19.